The van der Waals surface area contributed by atoms with Gasteiger partial charge in [0.25, 0.3) is 0 Å². The Labute approximate surface area is 130 Å². The van der Waals surface area contributed by atoms with Gasteiger partial charge in [-0.15, -0.1) is 0 Å². The van der Waals surface area contributed by atoms with Crippen molar-refractivity contribution in [3.63, 3.8) is 0 Å². The fourth-order valence-electron chi connectivity index (χ4n) is 1.95. The summed E-state index contributed by atoms with van der Waals surface area (Å²) >= 11 is 0. The topological polar surface area (TPSA) is 123 Å². The van der Waals surface area contributed by atoms with Crippen LogP contribution in [-0.4, -0.2) is 59.6 Å². The normalized spacial score (nSPS) is 14.5. The first-order valence-electron chi connectivity index (χ1n) is 6.77. The van der Waals surface area contributed by atoms with Gasteiger partial charge in [0.2, 0.25) is 0 Å². The van der Waals surface area contributed by atoms with Crippen molar-refractivity contribution in [1.82, 2.24) is 10.1 Å². The van der Waals surface area contributed by atoms with Crippen molar-refractivity contribution in [1.29, 1.82) is 0 Å². The molecule has 0 atom stereocenters. The van der Waals surface area contributed by atoms with Gasteiger partial charge in [-0.1, -0.05) is 10.1 Å². The third kappa shape index (κ3) is 6.42. The van der Waals surface area contributed by atoms with E-state index >= 15 is 0 Å². The van der Waals surface area contributed by atoms with Gasteiger partial charge in [0.05, 0.1) is 0 Å². The molecule has 0 bridgehead atoms. The average molecular weight is 324 g/mol. The fourth-order valence-corrected chi connectivity index (χ4v) is 1.95. The van der Waals surface area contributed by atoms with E-state index in [9.17, 15) is 25.2 Å². The van der Waals surface area contributed by atoms with Crippen LogP contribution in [0.15, 0.2) is 0 Å². The molecular formula is C13H28N2O7. The molecule has 9 heteroatoms. The highest BCUT2D eigenvalue weighted by atomic mass is 16.9. The van der Waals surface area contributed by atoms with Gasteiger partial charge in [0, 0.05) is 0 Å². The van der Waals surface area contributed by atoms with Crippen molar-refractivity contribution in [3.05, 3.63) is 0 Å². The highest BCUT2D eigenvalue weighted by Gasteiger charge is 2.43. The SMILES string of the molecule is CC(C)(O)N(OC(=O)ON(C(C)(C)O)C(C)(C)O)C(C)(C)O. The lowest BCUT2D eigenvalue weighted by molar-refractivity contribution is -0.379. The molecule has 0 fully saturated rings. The molecule has 0 unspecified atom stereocenters. The summed E-state index contributed by atoms with van der Waals surface area (Å²) in [5, 5.41) is 41.0. The van der Waals surface area contributed by atoms with E-state index < -0.39 is 29.1 Å². The average Bonchev–Trinajstić information content (AvgIpc) is 2.15. The number of hydrogen-bond donors (Lipinski definition) is 4. The van der Waals surface area contributed by atoms with Crippen LogP contribution in [-0.2, 0) is 9.68 Å². The van der Waals surface area contributed by atoms with Crippen LogP contribution in [0.3, 0.4) is 0 Å². The number of aliphatic hydroxyl groups is 4. The molecular weight excluding hydrogens is 296 g/mol. The van der Waals surface area contributed by atoms with Gasteiger partial charge >= 0.3 is 6.16 Å². The molecule has 0 spiro atoms. The zero-order valence-corrected chi connectivity index (χ0v) is 14.4. The van der Waals surface area contributed by atoms with Crippen LogP contribution in [0.2, 0.25) is 0 Å². The summed E-state index contributed by atoms with van der Waals surface area (Å²) in [5.74, 6) is 0. The van der Waals surface area contributed by atoms with Crippen LogP contribution in [0.5, 0.6) is 0 Å². The van der Waals surface area contributed by atoms with Crippen LogP contribution in [0, 0.1) is 0 Å². The predicted molar refractivity (Wildman–Crippen MR) is 76.4 cm³/mol. The minimum absolute atomic E-state index is 0.620. The Morgan fingerprint density at radius 1 is 0.636 bits per heavy atom. The minimum atomic E-state index is -1.70. The van der Waals surface area contributed by atoms with Crippen molar-refractivity contribution in [2.75, 3.05) is 0 Å². The van der Waals surface area contributed by atoms with E-state index in [0.717, 1.165) is 0 Å². The Bertz CT molecular complexity index is 321. The summed E-state index contributed by atoms with van der Waals surface area (Å²) in [5.41, 5.74) is -6.81. The Morgan fingerprint density at radius 3 is 0.955 bits per heavy atom. The highest BCUT2D eigenvalue weighted by Crippen LogP contribution is 2.25. The van der Waals surface area contributed by atoms with Crippen molar-refractivity contribution >= 4 is 6.16 Å². The summed E-state index contributed by atoms with van der Waals surface area (Å²) < 4.78 is 0. The van der Waals surface area contributed by atoms with Crippen LogP contribution >= 0.6 is 0 Å². The number of rotatable bonds is 6. The first-order chi connectivity index (χ1) is 9.37. The first kappa shape index (κ1) is 21.0. The van der Waals surface area contributed by atoms with Crippen LogP contribution in [0.1, 0.15) is 55.4 Å². The van der Waals surface area contributed by atoms with Crippen LogP contribution < -0.4 is 0 Å². The zero-order valence-electron chi connectivity index (χ0n) is 14.4. The standard InChI is InChI=1S/C13H28N2O7/c1-10(2,17)14(11(3,4)18)21-9(16)22-15(12(5,6)19)13(7,8)20/h17-20H,1-8H3. The van der Waals surface area contributed by atoms with Gasteiger partial charge in [-0.2, -0.15) is 4.79 Å². The second kappa shape index (κ2) is 6.26. The fraction of sp³-hybridized carbons (Fsp3) is 0.923. The predicted octanol–water partition coefficient (Wildman–Crippen LogP) is 0.487. The summed E-state index contributed by atoms with van der Waals surface area (Å²) in [7, 11) is 0. The molecule has 132 valence electrons. The molecule has 0 rings (SSSR count). The maximum absolute atomic E-state index is 11.9. The van der Waals surface area contributed by atoms with Gasteiger partial charge in [-0.25, -0.2) is 0 Å². The monoisotopic (exact) mass is 324 g/mol. The molecule has 0 radical (unpaired) electrons. The molecule has 0 amide bonds. The third-order valence-electron chi connectivity index (χ3n) is 2.32. The minimum Gasteiger partial charge on any atom is -0.373 e. The third-order valence-corrected chi connectivity index (χ3v) is 2.32. The molecule has 0 aliphatic carbocycles. The first-order valence-corrected chi connectivity index (χ1v) is 6.77. The summed E-state index contributed by atoms with van der Waals surface area (Å²) in [6, 6.07) is 0. The molecule has 0 aromatic rings. The number of hydroxylamine groups is 4. The van der Waals surface area contributed by atoms with E-state index in [1.807, 2.05) is 0 Å². The zero-order chi connectivity index (χ0) is 18.1. The van der Waals surface area contributed by atoms with E-state index in [0.29, 0.717) is 10.1 Å². The lowest BCUT2D eigenvalue weighted by Gasteiger charge is -2.42. The molecule has 0 saturated heterocycles. The van der Waals surface area contributed by atoms with Crippen LogP contribution in [0.25, 0.3) is 0 Å². The molecule has 0 saturated carbocycles. The van der Waals surface area contributed by atoms with E-state index in [2.05, 4.69) is 0 Å². The Kier molecular flexibility index (Phi) is 5.99. The smallest absolute Gasteiger partial charge is 0.373 e. The van der Waals surface area contributed by atoms with Crippen molar-refractivity contribution in [2.24, 2.45) is 0 Å². The van der Waals surface area contributed by atoms with Crippen molar-refractivity contribution in [3.8, 4) is 0 Å². The Hall–Kier alpha value is -0.970. The van der Waals surface area contributed by atoms with E-state index in [1.165, 1.54) is 55.4 Å². The molecule has 0 aromatic carbocycles. The Balaban J connectivity index is 5.20. The van der Waals surface area contributed by atoms with Crippen molar-refractivity contribution < 1.29 is 34.9 Å². The molecule has 0 aliphatic heterocycles. The molecule has 22 heavy (non-hydrogen) atoms. The number of hydrogen-bond acceptors (Lipinski definition) is 9. The molecule has 0 aromatic heterocycles. The highest BCUT2D eigenvalue weighted by molar-refractivity contribution is 5.59. The van der Waals surface area contributed by atoms with Crippen molar-refractivity contribution in [2.45, 2.75) is 78.3 Å². The van der Waals surface area contributed by atoms with E-state index in [4.69, 9.17) is 9.68 Å². The lowest BCUT2D eigenvalue weighted by Crippen LogP contribution is -2.59. The summed E-state index contributed by atoms with van der Waals surface area (Å²) in [6.07, 6.45) is -1.35. The number of carbonyl (C=O) groups is 1. The summed E-state index contributed by atoms with van der Waals surface area (Å²) in [6.45, 7) is 10.3. The van der Waals surface area contributed by atoms with Crippen LogP contribution in [0.4, 0.5) is 4.79 Å². The number of nitrogens with zero attached hydrogens (tertiary/aromatic N) is 2. The van der Waals surface area contributed by atoms with E-state index in [-0.39, 0.29) is 0 Å². The van der Waals surface area contributed by atoms with Gasteiger partial charge in [0.15, 0.2) is 0 Å². The van der Waals surface area contributed by atoms with Gasteiger partial charge < -0.3 is 30.1 Å². The maximum Gasteiger partial charge on any atom is 0.548 e. The molecule has 0 heterocycles. The Morgan fingerprint density at radius 2 is 0.818 bits per heavy atom. The lowest BCUT2D eigenvalue weighted by atomic mass is 10.2. The quantitative estimate of drug-likeness (QED) is 0.408. The molecule has 0 aliphatic rings. The molecule has 9 nitrogen and oxygen atoms in total. The second-order valence-corrected chi connectivity index (χ2v) is 7.00. The van der Waals surface area contributed by atoms with Gasteiger partial charge in [0.1, 0.15) is 22.9 Å². The maximum atomic E-state index is 11.9. The molecule has 4 N–H and O–H groups in total. The van der Waals surface area contributed by atoms with Gasteiger partial charge in [-0.3, -0.25) is 0 Å². The second-order valence-electron chi connectivity index (χ2n) is 7.00. The van der Waals surface area contributed by atoms with Gasteiger partial charge in [-0.05, 0) is 55.4 Å². The largest absolute Gasteiger partial charge is 0.548 e. The number of carbonyl (C=O) groups excluding carboxylic acids is 1. The van der Waals surface area contributed by atoms with E-state index in [1.54, 1.807) is 0 Å². The summed E-state index contributed by atoms with van der Waals surface area (Å²) in [4.78, 5) is 21.5.